The summed E-state index contributed by atoms with van der Waals surface area (Å²) in [6.45, 7) is 2.06. The molecule has 0 spiro atoms. The quantitative estimate of drug-likeness (QED) is 0.721. The number of nitrogen functional groups attached to an aromatic ring is 1. The standard InChI is InChI=1S/C13H12ClN/c1-9-5-7-10(8-6-9)13-11(14)3-2-4-12(13)15/h2-8H,15H2,1H3. The number of aryl methyl sites for hydroxylation is 1. The molecule has 0 unspecified atom stereocenters. The molecule has 0 bridgehead atoms. The zero-order chi connectivity index (χ0) is 10.8. The Balaban J connectivity index is 2.58. The second-order valence-corrected chi connectivity index (χ2v) is 3.98. The third kappa shape index (κ3) is 1.97. The molecule has 0 aromatic heterocycles. The fraction of sp³-hybridized carbons (Fsp3) is 0.0769. The van der Waals surface area contributed by atoms with Crippen LogP contribution in [0.3, 0.4) is 0 Å². The van der Waals surface area contributed by atoms with Crippen LogP contribution >= 0.6 is 11.6 Å². The fourth-order valence-electron chi connectivity index (χ4n) is 1.57. The predicted octanol–water partition coefficient (Wildman–Crippen LogP) is 3.90. The van der Waals surface area contributed by atoms with Crippen LogP contribution in [-0.2, 0) is 0 Å². The summed E-state index contributed by atoms with van der Waals surface area (Å²) < 4.78 is 0. The van der Waals surface area contributed by atoms with E-state index in [2.05, 4.69) is 19.1 Å². The van der Waals surface area contributed by atoms with Gasteiger partial charge in [0.1, 0.15) is 0 Å². The molecule has 0 aliphatic carbocycles. The van der Waals surface area contributed by atoms with Crippen molar-refractivity contribution < 1.29 is 0 Å². The first-order valence-corrected chi connectivity index (χ1v) is 5.17. The van der Waals surface area contributed by atoms with Crippen LogP contribution in [0.2, 0.25) is 5.02 Å². The Hall–Kier alpha value is -1.47. The zero-order valence-electron chi connectivity index (χ0n) is 8.50. The van der Waals surface area contributed by atoms with Gasteiger partial charge in [0, 0.05) is 11.3 Å². The van der Waals surface area contributed by atoms with Gasteiger partial charge in [-0.15, -0.1) is 0 Å². The maximum atomic E-state index is 6.12. The molecule has 1 nitrogen and oxygen atoms in total. The largest absolute Gasteiger partial charge is 0.398 e. The normalized spacial score (nSPS) is 10.3. The molecule has 0 radical (unpaired) electrons. The van der Waals surface area contributed by atoms with Crippen molar-refractivity contribution in [1.29, 1.82) is 0 Å². The van der Waals surface area contributed by atoms with Crippen molar-refractivity contribution in [3.8, 4) is 11.1 Å². The summed E-state index contributed by atoms with van der Waals surface area (Å²) in [4.78, 5) is 0. The summed E-state index contributed by atoms with van der Waals surface area (Å²) >= 11 is 6.12. The molecule has 76 valence electrons. The lowest BCUT2D eigenvalue weighted by Gasteiger charge is -2.08. The van der Waals surface area contributed by atoms with E-state index in [9.17, 15) is 0 Å². The van der Waals surface area contributed by atoms with Gasteiger partial charge in [-0.25, -0.2) is 0 Å². The molecule has 2 aromatic carbocycles. The molecule has 2 N–H and O–H groups in total. The Kier molecular flexibility index (Phi) is 2.65. The molecule has 2 heteroatoms. The molecule has 2 aromatic rings. The van der Waals surface area contributed by atoms with Gasteiger partial charge in [-0.1, -0.05) is 47.5 Å². The highest BCUT2D eigenvalue weighted by Crippen LogP contribution is 2.32. The van der Waals surface area contributed by atoms with Gasteiger partial charge in [-0.3, -0.25) is 0 Å². The van der Waals surface area contributed by atoms with Gasteiger partial charge in [-0.05, 0) is 24.6 Å². The van der Waals surface area contributed by atoms with Crippen molar-refractivity contribution >= 4 is 17.3 Å². The number of nitrogens with two attached hydrogens (primary N) is 1. The summed E-state index contributed by atoms with van der Waals surface area (Å²) in [6.07, 6.45) is 0. The zero-order valence-corrected chi connectivity index (χ0v) is 9.25. The first-order valence-electron chi connectivity index (χ1n) is 4.79. The first-order chi connectivity index (χ1) is 7.18. The molecule has 0 heterocycles. The van der Waals surface area contributed by atoms with Crippen LogP contribution in [0.4, 0.5) is 5.69 Å². The molecule has 0 atom stereocenters. The smallest absolute Gasteiger partial charge is 0.0505 e. The number of hydrogen-bond donors (Lipinski definition) is 1. The minimum absolute atomic E-state index is 0.693. The fourth-order valence-corrected chi connectivity index (χ4v) is 1.86. The van der Waals surface area contributed by atoms with Gasteiger partial charge in [0.15, 0.2) is 0 Å². The number of anilines is 1. The van der Waals surface area contributed by atoms with Gasteiger partial charge in [0.05, 0.1) is 5.02 Å². The summed E-state index contributed by atoms with van der Waals surface area (Å²) in [5.74, 6) is 0. The topological polar surface area (TPSA) is 26.0 Å². The Morgan fingerprint density at radius 1 is 1.00 bits per heavy atom. The molecule has 0 aliphatic rings. The van der Waals surface area contributed by atoms with Crippen LogP contribution in [0.25, 0.3) is 11.1 Å². The predicted molar refractivity (Wildman–Crippen MR) is 66.0 cm³/mol. The van der Waals surface area contributed by atoms with Crippen LogP contribution in [-0.4, -0.2) is 0 Å². The van der Waals surface area contributed by atoms with Crippen molar-refractivity contribution in [2.45, 2.75) is 6.92 Å². The lowest BCUT2D eigenvalue weighted by atomic mass is 10.0. The van der Waals surface area contributed by atoms with E-state index in [4.69, 9.17) is 17.3 Å². The summed E-state index contributed by atoms with van der Waals surface area (Å²) in [5.41, 5.74) is 9.82. The van der Waals surface area contributed by atoms with E-state index < -0.39 is 0 Å². The van der Waals surface area contributed by atoms with Gasteiger partial charge in [-0.2, -0.15) is 0 Å². The SMILES string of the molecule is Cc1ccc(-c2c(N)cccc2Cl)cc1. The van der Waals surface area contributed by atoms with E-state index in [-0.39, 0.29) is 0 Å². The van der Waals surface area contributed by atoms with E-state index in [1.807, 2.05) is 30.3 Å². The Labute approximate surface area is 94.5 Å². The number of rotatable bonds is 1. The lowest BCUT2D eigenvalue weighted by Crippen LogP contribution is -1.90. The summed E-state index contributed by atoms with van der Waals surface area (Å²) in [7, 11) is 0. The number of hydrogen-bond acceptors (Lipinski definition) is 1. The third-order valence-corrected chi connectivity index (χ3v) is 2.70. The average molecular weight is 218 g/mol. The van der Waals surface area contributed by atoms with Crippen LogP contribution in [0.1, 0.15) is 5.56 Å². The van der Waals surface area contributed by atoms with Crippen molar-refractivity contribution in [1.82, 2.24) is 0 Å². The van der Waals surface area contributed by atoms with Crippen LogP contribution < -0.4 is 5.73 Å². The third-order valence-electron chi connectivity index (χ3n) is 2.39. The van der Waals surface area contributed by atoms with Crippen molar-refractivity contribution in [3.63, 3.8) is 0 Å². The molecule has 0 fully saturated rings. The van der Waals surface area contributed by atoms with E-state index in [1.54, 1.807) is 0 Å². The molecular formula is C13H12ClN. The van der Waals surface area contributed by atoms with Crippen LogP contribution in [0.5, 0.6) is 0 Å². The maximum absolute atomic E-state index is 6.12. The molecule has 0 amide bonds. The minimum Gasteiger partial charge on any atom is -0.398 e. The molecule has 2 rings (SSSR count). The first kappa shape index (κ1) is 10.1. The van der Waals surface area contributed by atoms with Gasteiger partial charge in [0.2, 0.25) is 0 Å². The maximum Gasteiger partial charge on any atom is 0.0505 e. The number of benzene rings is 2. The Morgan fingerprint density at radius 3 is 2.27 bits per heavy atom. The van der Waals surface area contributed by atoms with E-state index in [0.717, 1.165) is 11.1 Å². The highest BCUT2D eigenvalue weighted by atomic mass is 35.5. The van der Waals surface area contributed by atoms with Gasteiger partial charge in [0.25, 0.3) is 0 Å². The summed E-state index contributed by atoms with van der Waals surface area (Å²) in [6, 6.07) is 13.7. The van der Waals surface area contributed by atoms with Crippen LogP contribution in [0, 0.1) is 6.92 Å². The van der Waals surface area contributed by atoms with E-state index >= 15 is 0 Å². The van der Waals surface area contributed by atoms with E-state index in [1.165, 1.54) is 5.56 Å². The lowest BCUT2D eigenvalue weighted by molar-refractivity contribution is 1.47. The van der Waals surface area contributed by atoms with Crippen molar-refractivity contribution in [2.75, 3.05) is 5.73 Å². The molecule has 0 aliphatic heterocycles. The second-order valence-electron chi connectivity index (χ2n) is 3.57. The van der Waals surface area contributed by atoms with Crippen molar-refractivity contribution in [3.05, 3.63) is 53.1 Å². The molecule has 0 saturated heterocycles. The highest BCUT2D eigenvalue weighted by Gasteiger charge is 2.06. The van der Waals surface area contributed by atoms with Crippen LogP contribution in [0.15, 0.2) is 42.5 Å². The van der Waals surface area contributed by atoms with Gasteiger partial charge < -0.3 is 5.73 Å². The highest BCUT2D eigenvalue weighted by molar-refractivity contribution is 6.34. The molecule has 15 heavy (non-hydrogen) atoms. The summed E-state index contributed by atoms with van der Waals surface area (Å²) in [5, 5.41) is 0.693. The number of halogens is 1. The monoisotopic (exact) mass is 217 g/mol. The van der Waals surface area contributed by atoms with Gasteiger partial charge >= 0.3 is 0 Å². The Bertz CT molecular complexity index is 454. The second kappa shape index (κ2) is 3.95. The molecule has 0 saturated carbocycles. The van der Waals surface area contributed by atoms with Crippen molar-refractivity contribution in [2.24, 2.45) is 0 Å². The average Bonchev–Trinajstić information content (AvgIpc) is 2.20. The minimum atomic E-state index is 0.693. The molecular weight excluding hydrogens is 206 g/mol. The van der Waals surface area contributed by atoms with E-state index in [0.29, 0.717) is 10.7 Å². The Morgan fingerprint density at radius 2 is 1.67 bits per heavy atom.